The maximum atomic E-state index is 13.9. The van der Waals surface area contributed by atoms with Crippen LogP contribution in [0.25, 0.3) is 32.8 Å². The summed E-state index contributed by atoms with van der Waals surface area (Å²) < 4.78 is 11.6. The SMILES string of the molecule is COc1cc2oc3ccccc3c2cc1N1C(=O)C2Cc3c([nH]c4ccccc34)C(C)(C)N2C1=O. The topological polar surface area (TPSA) is 78.8 Å². The van der Waals surface area contributed by atoms with E-state index in [-0.39, 0.29) is 11.9 Å². The number of para-hydroxylation sites is 2. The summed E-state index contributed by atoms with van der Waals surface area (Å²) >= 11 is 0. The molecule has 0 radical (unpaired) electrons. The van der Waals surface area contributed by atoms with Crippen LogP contribution in [0.1, 0.15) is 25.1 Å². The molecule has 3 amide bonds. The molecule has 1 saturated heterocycles. The number of anilines is 1. The highest BCUT2D eigenvalue weighted by Gasteiger charge is 2.56. The van der Waals surface area contributed by atoms with Crippen molar-refractivity contribution in [3.8, 4) is 5.75 Å². The molecule has 4 heterocycles. The van der Waals surface area contributed by atoms with Gasteiger partial charge in [-0.3, -0.25) is 4.79 Å². The van der Waals surface area contributed by atoms with E-state index >= 15 is 0 Å². The van der Waals surface area contributed by atoms with E-state index in [0.717, 1.165) is 38.5 Å². The number of hydrogen-bond donors (Lipinski definition) is 1. The van der Waals surface area contributed by atoms with E-state index in [1.165, 1.54) is 12.0 Å². The standard InChI is InChI=1S/C28H23N3O4/c1-28(2)25-18(15-8-4-6-10-19(15)29-25)13-21-26(32)30(27(33)31(21)28)20-12-17-16-9-5-7-11-22(16)35-23(17)14-24(20)34-3/h4-12,14,21,29H,13H2,1-3H3. The lowest BCUT2D eigenvalue weighted by atomic mass is 9.85. The number of methoxy groups -OCH3 is 1. The van der Waals surface area contributed by atoms with Crippen LogP contribution in [0.2, 0.25) is 0 Å². The van der Waals surface area contributed by atoms with E-state index in [2.05, 4.69) is 11.1 Å². The van der Waals surface area contributed by atoms with Gasteiger partial charge in [-0.05, 0) is 37.6 Å². The van der Waals surface area contributed by atoms with Gasteiger partial charge in [-0.2, -0.15) is 0 Å². The number of amides is 3. The second-order valence-electron chi connectivity index (χ2n) is 9.75. The Balaban J connectivity index is 1.40. The number of fused-ring (bicyclic) bond motifs is 7. The minimum atomic E-state index is -0.696. The number of nitrogens with one attached hydrogen (secondary N) is 1. The molecule has 2 aliphatic rings. The first-order valence-electron chi connectivity index (χ1n) is 11.7. The first kappa shape index (κ1) is 20.1. The van der Waals surface area contributed by atoms with E-state index in [9.17, 15) is 9.59 Å². The molecule has 2 aliphatic heterocycles. The quantitative estimate of drug-likeness (QED) is 0.339. The number of hydrogen-bond acceptors (Lipinski definition) is 4. The summed E-state index contributed by atoms with van der Waals surface area (Å²) in [5.74, 6) is 0.171. The molecule has 3 aromatic carbocycles. The zero-order valence-corrected chi connectivity index (χ0v) is 19.6. The highest BCUT2D eigenvalue weighted by molar-refractivity contribution is 6.24. The molecule has 5 aromatic rings. The maximum absolute atomic E-state index is 13.9. The summed E-state index contributed by atoms with van der Waals surface area (Å²) in [5, 5.41) is 2.85. The van der Waals surface area contributed by atoms with E-state index in [4.69, 9.17) is 9.15 Å². The van der Waals surface area contributed by atoms with Gasteiger partial charge in [0.05, 0.1) is 18.3 Å². The monoisotopic (exact) mass is 465 g/mol. The minimum Gasteiger partial charge on any atom is -0.494 e. The number of carbonyl (C=O) groups excluding carboxylic acids is 2. The molecular formula is C28H23N3O4. The van der Waals surface area contributed by atoms with Crippen molar-refractivity contribution in [3.63, 3.8) is 0 Å². The Hall–Kier alpha value is -4.26. The lowest BCUT2D eigenvalue weighted by Crippen LogP contribution is -2.52. The van der Waals surface area contributed by atoms with Gasteiger partial charge in [-0.1, -0.05) is 36.4 Å². The maximum Gasteiger partial charge on any atom is 0.333 e. The fourth-order valence-corrected chi connectivity index (χ4v) is 5.95. The van der Waals surface area contributed by atoms with Crippen molar-refractivity contribution >= 4 is 50.5 Å². The van der Waals surface area contributed by atoms with Crippen LogP contribution in [0.15, 0.2) is 65.1 Å². The molecule has 7 heteroatoms. The normalized spacial score (nSPS) is 19.1. The Kier molecular flexibility index (Phi) is 3.83. The molecule has 7 rings (SSSR count). The average molecular weight is 466 g/mol. The summed E-state index contributed by atoms with van der Waals surface area (Å²) in [6.07, 6.45) is 0.461. The molecule has 35 heavy (non-hydrogen) atoms. The fourth-order valence-electron chi connectivity index (χ4n) is 5.95. The van der Waals surface area contributed by atoms with Crippen LogP contribution in [0.5, 0.6) is 5.75 Å². The molecule has 1 N–H and O–H groups in total. The van der Waals surface area contributed by atoms with Crippen molar-refractivity contribution < 1.29 is 18.7 Å². The highest BCUT2D eigenvalue weighted by atomic mass is 16.5. The molecule has 0 saturated carbocycles. The molecular weight excluding hydrogens is 442 g/mol. The lowest BCUT2D eigenvalue weighted by molar-refractivity contribution is -0.121. The van der Waals surface area contributed by atoms with Crippen molar-refractivity contribution in [1.82, 2.24) is 9.88 Å². The molecule has 0 aliphatic carbocycles. The van der Waals surface area contributed by atoms with Gasteiger partial charge in [0.1, 0.15) is 23.0 Å². The van der Waals surface area contributed by atoms with Gasteiger partial charge in [0.2, 0.25) is 0 Å². The van der Waals surface area contributed by atoms with Gasteiger partial charge < -0.3 is 19.0 Å². The van der Waals surface area contributed by atoms with E-state index in [1.807, 2.05) is 62.4 Å². The lowest BCUT2D eigenvalue weighted by Gasteiger charge is -2.42. The van der Waals surface area contributed by atoms with Crippen LogP contribution in [0, 0.1) is 0 Å². The van der Waals surface area contributed by atoms with Crippen LogP contribution >= 0.6 is 0 Å². The third kappa shape index (κ3) is 2.50. The molecule has 1 atom stereocenters. The van der Waals surface area contributed by atoms with Crippen molar-refractivity contribution in [2.45, 2.75) is 31.8 Å². The molecule has 174 valence electrons. The van der Waals surface area contributed by atoms with Gasteiger partial charge >= 0.3 is 6.03 Å². The largest absolute Gasteiger partial charge is 0.494 e. The van der Waals surface area contributed by atoms with Crippen molar-refractivity contribution in [1.29, 1.82) is 0 Å². The Morgan fingerprint density at radius 3 is 2.51 bits per heavy atom. The predicted molar refractivity (Wildman–Crippen MR) is 134 cm³/mol. The Bertz CT molecular complexity index is 1710. The summed E-state index contributed by atoms with van der Waals surface area (Å²) in [5.41, 5.74) is 4.20. The van der Waals surface area contributed by atoms with Gasteiger partial charge in [0, 0.05) is 39.9 Å². The summed E-state index contributed by atoms with van der Waals surface area (Å²) in [6, 6.07) is 18.4. The fraction of sp³-hybridized carbons (Fsp3) is 0.214. The van der Waals surface area contributed by atoms with E-state index in [0.29, 0.717) is 23.4 Å². The number of aromatic nitrogens is 1. The summed E-state index contributed by atoms with van der Waals surface area (Å²) in [4.78, 5) is 34.3. The minimum absolute atomic E-state index is 0.246. The Labute approximate surface area is 200 Å². The van der Waals surface area contributed by atoms with Crippen LogP contribution in [0.4, 0.5) is 10.5 Å². The molecule has 2 aromatic heterocycles. The number of benzene rings is 3. The number of nitrogens with zero attached hydrogens (tertiary/aromatic N) is 2. The van der Waals surface area contributed by atoms with Crippen LogP contribution in [0.3, 0.4) is 0 Å². The zero-order valence-electron chi connectivity index (χ0n) is 19.6. The first-order chi connectivity index (χ1) is 16.9. The van der Waals surface area contributed by atoms with Crippen molar-refractivity contribution in [2.24, 2.45) is 0 Å². The average Bonchev–Trinajstić information content (AvgIpc) is 3.49. The van der Waals surface area contributed by atoms with Crippen molar-refractivity contribution in [2.75, 3.05) is 12.0 Å². The summed E-state index contributed by atoms with van der Waals surface area (Å²) in [6.45, 7) is 3.98. The van der Waals surface area contributed by atoms with Crippen LogP contribution in [-0.2, 0) is 16.8 Å². The number of carbonyl (C=O) groups is 2. The second-order valence-corrected chi connectivity index (χ2v) is 9.75. The summed E-state index contributed by atoms with van der Waals surface area (Å²) in [7, 11) is 1.53. The number of rotatable bonds is 2. The number of aromatic amines is 1. The molecule has 0 bridgehead atoms. The van der Waals surface area contributed by atoms with Gasteiger partial charge in [0.25, 0.3) is 5.91 Å². The Morgan fingerprint density at radius 2 is 1.71 bits per heavy atom. The van der Waals surface area contributed by atoms with E-state index < -0.39 is 11.6 Å². The Morgan fingerprint density at radius 1 is 0.971 bits per heavy atom. The predicted octanol–water partition coefficient (Wildman–Crippen LogP) is 5.70. The van der Waals surface area contributed by atoms with Crippen LogP contribution < -0.4 is 9.64 Å². The number of furan rings is 1. The van der Waals surface area contributed by atoms with Crippen molar-refractivity contribution in [3.05, 3.63) is 71.9 Å². The van der Waals surface area contributed by atoms with Gasteiger partial charge in [0.15, 0.2) is 0 Å². The molecule has 1 unspecified atom stereocenters. The van der Waals surface area contributed by atoms with E-state index in [1.54, 1.807) is 11.0 Å². The first-order valence-corrected chi connectivity index (χ1v) is 11.7. The third-order valence-corrected chi connectivity index (χ3v) is 7.56. The van der Waals surface area contributed by atoms with Gasteiger partial charge in [-0.25, -0.2) is 9.69 Å². The number of H-pyrrole nitrogens is 1. The highest BCUT2D eigenvalue weighted by Crippen LogP contribution is 2.47. The number of ether oxygens (including phenoxy) is 1. The third-order valence-electron chi connectivity index (χ3n) is 7.56. The number of urea groups is 1. The molecule has 1 fully saturated rings. The number of imide groups is 1. The zero-order chi connectivity index (χ0) is 24.1. The molecule has 7 nitrogen and oxygen atoms in total. The van der Waals surface area contributed by atoms with Gasteiger partial charge in [-0.15, -0.1) is 0 Å². The smallest absolute Gasteiger partial charge is 0.333 e. The molecule has 0 spiro atoms. The second kappa shape index (κ2) is 6.66. The van der Waals surface area contributed by atoms with Crippen LogP contribution in [-0.4, -0.2) is 35.0 Å².